The van der Waals surface area contributed by atoms with Gasteiger partial charge < -0.3 is 30.1 Å². The number of aromatic nitrogens is 3. The van der Waals surface area contributed by atoms with Crippen LogP contribution in [0.5, 0.6) is 5.88 Å². The lowest BCUT2D eigenvalue weighted by Gasteiger charge is -2.29. The molecule has 5 atom stereocenters. The van der Waals surface area contributed by atoms with E-state index in [9.17, 15) is 24.3 Å². The summed E-state index contributed by atoms with van der Waals surface area (Å²) in [4.78, 5) is 69.7. The van der Waals surface area contributed by atoms with Crippen LogP contribution in [-0.4, -0.2) is 85.2 Å². The van der Waals surface area contributed by atoms with Crippen LogP contribution in [0.4, 0.5) is 4.79 Å². The average Bonchev–Trinajstić information content (AvgIpc) is 3.41. The lowest BCUT2D eigenvalue weighted by molar-refractivity contribution is -0.145. The van der Waals surface area contributed by atoms with Crippen LogP contribution in [0.2, 0.25) is 0 Å². The zero-order chi connectivity index (χ0) is 34.8. The fourth-order valence-electron chi connectivity index (χ4n) is 7.38. The molecule has 50 heavy (non-hydrogen) atoms. The van der Waals surface area contributed by atoms with E-state index in [1.54, 1.807) is 18.3 Å². The van der Waals surface area contributed by atoms with E-state index in [-0.39, 0.29) is 43.2 Å². The number of carbonyl (C=O) groups is 4. The summed E-state index contributed by atoms with van der Waals surface area (Å²) in [6.45, 7) is 1.90. The summed E-state index contributed by atoms with van der Waals surface area (Å²) in [5, 5.41) is 17.9. The molecule has 3 N–H and O–H groups in total. The highest BCUT2D eigenvalue weighted by molar-refractivity contribution is 7.17. The normalized spacial score (nSPS) is 27.5. The Balaban J connectivity index is 1.26. The third-order valence-corrected chi connectivity index (χ3v) is 11.3. The van der Waals surface area contributed by atoms with Gasteiger partial charge in [0, 0.05) is 18.5 Å². The number of carboxylic acids is 1. The number of carboxylic acid groups (broad SMARTS) is 1. The first-order valence-electron chi connectivity index (χ1n) is 17.6. The minimum Gasteiger partial charge on any atom is -0.479 e. The number of alkyl carbamates (subject to hydrolysis) is 1. The van der Waals surface area contributed by atoms with Crippen LogP contribution >= 0.6 is 11.3 Å². The number of nitrogens with one attached hydrogen (secondary N) is 2. The molecule has 264 valence electrons. The Morgan fingerprint density at radius 2 is 1.92 bits per heavy atom. The highest BCUT2D eigenvalue weighted by Gasteiger charge is 2.62. The van der Waals surface area contributed by atoms with Crippen molar-refractivity contribution in [2.24, 2.45) is 5.92 Å². The standard InChI is InChI=1S/C36H42N6O7S/c1-21-20-50-30-27(21)38-31(24-15-10-11-17-37-24)40-33(30)49-25-19-42-26(43)16-7-5-3-2-4-6-12-22-18-36(22,34(45)46)41-32(44)29(42)28(25)39-35(47)48-23-13-8-9-14-23/h6,10-12,15,17,20,22-23,25,28-29H,2-5,7-9,13-14,16,18-19H2,1H3,(H,39,47)(H,41,44)(H,45,46). The van der Waals surface area contributed by atoms with Gasteiger partial charge in [0.25, 0.3) is 0 Å². The molecule has 0 bridgehead atoms. The van der Waals surface area contributed by atoms with Gasteiger partial charge in [-0.25, -0.2) is 14.6 Å². The number of fused-ring (bicyclic) bond motifs is 3. The van der Waals surface area contributed by atoms with Crippen molar-refractivity contribution in [1.82, 2.24) is 30.5 Å². The van der Waals surface area contributed by atoms with Gasteiger partial charge in [0.05, 0.1) is 12.1 Å². The van der Waals surface area contributed by atoms with Gasteiger partial charge in [0.1, 0.15) is 40.2 Å². The molecule has 13 nitrogen and oxygen atoms in total. The molecular formula is C36H42N6O7S. The summed E-state index contributed by atoms with van der Waals surface area (Å²) >= 11 is 1.41. The second-order valence-electron chi connectivity index (χ2n) is 13.8. The predicted molar refractivity (Wildman–Crippen MR) is 184 cm³/mol. The first kappa shape index (κ1) is 33.9. The van der Waals surface area contributed by atoms with Crippen molar-refractivity contribution < 1.29 is 33.8 Å². The van der Waals surface area contributed by atoms with Crippen molar-refractivity contribution >= 4 is 45.4 Å². The first-order valence-corrected chi connectivity index (χ1v) is 18.4. The van der Waals surface area contributed by atoms with Gasteiger partial charge in [-0.1, -0.05) is 31.1 Å². The second kappa shape index (κ2) is 14.3. The summed E-state index contributed by atoms with van der Waals surface area (Å²) in [5.41, 5.74) is 0.648. The third kappa shape index (κ3) is 6.90. The highest BCUT2D eigenvalue weighted by Crippen LogP contribution is 2.45. The monoisotopic (exact) mass is 702 g/mol. The lowest BCUT2D eigenvalue weighted by Crippen LogP contribution is -2.60. The van der Waals surface area contributed by atoms with Crippen molar-refractivity contribution in [3.05, 3.63) is 47.5 Å². The lowest BCUT2D eigenvalue weighted by atomic mass is 10.0. The molecule has 4 aliphatic rings. The van der Waals surface area contributed by atoms with Crippen molar-refractivity contribution in [1.29, 1.82) is 0 Å². The fourth-order valence-corrected chi connectivity index (χ4v) is 8.30. The molecule has 7 rings (SSSR count). The fraction of sp³-hybridized carbons (Fsp3) is 0.528. The minimum absolute atomic E-state index is 0.0382. The van der Waals surface area contributed by atoms with Crippen molar-refractivity contribution in [3.8, 4) is 17.4 Å². The molecule has 3 aromatic heterocycles. The van der Waals surface area contributed by atoms with Crippen LogP contribution in [-0.2, 0) is 19.1 Å². The summed E-state index contributed by atoms with van der Waals surface area (Å²) in [6.07, 6.45) is 11.6. The summed E-state index contributed by atoms with van der Waals surface area (Å²) in [6, 6.07) is 3.10. The predicted octanol–water partition coefficient (Wildman–Crippen LogP) is 4.93. The Bertz CT molecular complexity index is 1790. The van der Waals surface area contributed by atoms with E-state index in [1.807, 2.05) is 30.5 Å². The second-order valence-corrected chi connectivity index (χ2v) is 14.6. The average molecular weight is 703 g/mol. The Kier molecular flexibility index (Phi) is 9.71. The molecule has 3 amide bonds. The molecule has 2 saturated carbocycles. The maximum Gasteiger partial charge on any atom is 0.407 e. The number of carbonyl (C=O) groups excluding carboxylic acids is 3. The summed E-state index contributed by atoms with van der Waals surface area (Å²) in [5.74, 6) is -1.88. The van der Waals surface area contributed by atoms with Gasteiger partial charge in [0.2, 0.25) is 17.7 Å². The van der Waals surface area contributed by atoms with Gasteiger partial charge in [-0.2, -0.15) is 4.98 Å². The van der Waals surface area contributed by atoms with E-state index in [0.29, 0.717) is 28.2 Å². The number of rotatable bonds is 6. The summed E-state index contributed by atoms with van der Waals surface area (Å²) in [7, 11) is 0. The first-order chi connectivity index (χ1) is 24.2. The van der Waals surface area contributed by atoms with E-state index in [2.05, 4.69) is 15.6 Å². The highest BCUT2D eigenvalue weighted by atomic mass is 32.1. The Hall–Kier alpha value is -4.59. The molecule has 3 aromatic rings. The number of amides is 3. The number of allylic oxidation sites excluding steroid dienone is 1. The molecular weight excluding hydrogens is 660 g/mol. The molecule has 14 heteroatoms. The van der Waals surface area contributed by atoms with Crippen molar-refractivity contribution in [2.75, 3.05) is 6.54 Å². The summed E-state index contributed by atoms with van der Waals surface area (Å²) < 4.78 is 13.1. The molecule has 0 spiro atoms. The van der Waals surface area contributed by atoms with E-state index in [1.165, 1.54) is 16.2 Å². The van der Waals surface area contributed by atoms with Crippen LogP contribution in [0.15, 0.2) is 41.9 Å². The molecule has 1 saturated heterocycles. The van der Waals surface area contributed by atoms with Gasteiger partial charge in [-0.05, 0) is 81.4 Å². The van der Waals surface area contributed by atoms with Crippen molar-refractivity contribution in [2.45, 2.75) is 107 Å². The zero-order valence-electron chi connectivity index (χ0n) is 28.0. The Morgan fingerprint density at radius 3 is 2.70 bits per heavy atom. The van der Waals surface area contributed by atoms with Gasteiger partial charge in [0.15, 0.2) is 5.82 Å². The van der Waals surface area contributed by atoms with Gasteiger partial charge in [-0.15, -0.1) is 11.3 Å². The van der Waals surface area contributed by atoms with Gasteiger partial charge in [-0.3, -0.25) is 14.6 Å². The molecule has 2 aliphatic heterocycles. The van der Waals surface area contributed by atoms with E-state index in [4.69, 9.17) is 19.4 Å². The Morgan fingerprint density at radius 1 is 1.10 bits per heavy atom. The van der Waals surface area contributed by atoms with E-state index >= 15 is 0 Å². The molecule has 0 radical (unpaired) electrons. The van der Waals surface area contributed by atoms with Crippen LogP contribution < -0.4 is 15.4 Å². The number of aliphatic carboxylic acids is 1. The molecule has 2 aliphatic carbocycles. The number of aryl methyl sites for hydroxylation is 1. The maximum atomic E-state index is 14.3. The Labute approximate surface area is 293 Å². The number of nitrogens with zero attached hydrogens (tertiary/aromatic N) is 4. The topological polar surface area (TPSA) is 173 Å². The molecule has 5 heterocycles. The van der Waals surface area contributed by atoms with Crippen LogP contribution in [0.25, 0.3) is 21.7 Å². The van der Waals surface area contributed by atoms with Crippen molar-refractivity contribution in [3.63, 3.8) is 0 Å². The van der Waals surface area contributed by atoms with E-state index in [0.717, 1.165) is 56.9 Å². The number of pyridine rings is 1. The maximum absolute atomic E-state index is 14.3. The van der Waals surface area contributed by atoms with Crippen LogP contribution in [0.1, 0.15) is 76.2 Å². The number of hydrogen-bond donors (Lipinski definition) is 3. The minimum atomic E-state index is -1.50. The third-order valence-electron chi connectivity index (χ3n) is 10.2. The molecule has 3 fully saturated rings. The van der Waals surface area contributed by atoms with Crippen LogP contribution in [0.3, 0.4) is 0 Å². The molecule has 0 aromatic carbocycles. The smallest absolute Gasteiger partial charge is 0.407 e. The van der Waals surface area contributed by atoms with Crippen LogP contribution in [0, 0.1) is 12.8 Å². The SMILES string of the molecule is Cc1csc2c(OC3CN4C(=O)CCCCCCC=CC5CC5(C(=O)O)NC(=O)C4C3NC(=O)OC3CCCC3)nc(-c3ccccn3)nc12. The van der Waals surface area contributed by atoms with Gasteiger partial charge >= 0.3 is 12.1 Å². The largest absolute Gasteiger partial charge is 0.479 e. The molecule has 5 unspecified atom stereocenters. The number of ether oxygens (including phenoxy) is 2. The van der Waals surface area contributed by atoms with E-state index < -0.39 is 41.7 Å². The quantitative estimate of drug-likeness (QED) is 0.299. The number of hydrogen-bond acceptors (Lipinski definition) is 10. The number of thiophene rings is 1. The zero-order valence-corrected chi connectivity index (χ0v) is 28.8.